The van der Waals surface area contributed by atoms with Crippen molar-refractivity contribution in [2.24, 2.45) is 5.92 Å². The highest BCUT2D eigenvalue weighted by Gasteiger charge is 2.63. The van der Waals surface area contributed by atoms with E-state index in [1.807, 2.05) is 6.07 Å². The second kappa shape index (κ2) is 7.41. The van der Waals surface area contributed by atoms with Crippen LogP contribution < -0.4 is 14.8 Å². The first-order valence-electron chi connectivity index (χ1n) is 11.1. The summed E-state index contributed by atoms with van der Waals surface area (Å²) in [5.41, 5.74) is 1.45. The fourth-order valence-electron chi connectivity index (χ4n) is 6.34. The normalized spacial score (nSPS) is 34.1. The molecule has 0 aromatic heterocycles. The van der Waals surface area contributed by atoms with Gasteiger partial charge in [0, 0.05) is 30.7 Å². The lowest BCUT2D eigenvalue weighted by atomic mass is 9.52. The van der Waals surface area contributed by atoms with E-state index in [1.54, 1.807) is 14.2 Å². The molecule has 0 unspecified atom stereocenters. The molecule has 3 fully saturated rings. The van der Waals surface area contributed by atoms with E-state index in [9.17, 15) is 5.11 Å². The fourth-order valence-corrected chi connectivity index (χ4v) is 6.34. The highest BCUT2D eigenvalue weighted by atomic mass is 16.7. The smallest absolute Gasteiger partial charge is 0.188 e. The molecule has 2 aliphatic heterocycles. The zero-order valence-corrected chi connectivity index (χ0v) is 17.7. The molecule has 0 spiro atoms. The quantitative estimate of drug-likeness (QED) is 0.711. The van der Waals surface area contributed by atoms with Crippen LogP contribution in [0.5, 0.6) is 11.5 Å². The lowest BCUT2D eigenvalue weighted by molar-refractivity contribution is -0.149. The topological polar surface area (TPSA) is 63.2 Å². The van der Waals surface area contributed by atoms with Crippen LogP contribution in [0.25, 0.3) is 0 Å². The molecule has 29 heavy (non-hydrogen) atoms. The summed E-state index contributed by atoms with van der Waals surface area (Å²) in [6.45, 7) is 4.16. The van der Waals surface area contributed by atoms with Gasteiger partial charge in [-0.15, -0.1) is 0 Å². The Morgan fingerprint density at radius 2 is 2.00 bits per heavy atom. The predicted molar refractivity (Wildman–Crippen MR) is 111 cm³/mol. The second-order valence-electron chi connectivity index (χ2n) is 9.35. The number of aliphatic hydroxyl groups is 1. The van der Waals surface area contributed by atoms with Crippen LogP contribution in [0.2, 0.25) is 0 Å². The summed E-state index contributed by atoms with van der Waals surface area (Å²) in [6, 6.07) is 4.38. The van der Waals surface area contributed by atoms with Gasteiger partial charge in [-0.2, -0.15) is 0 Å². The van der Waals surface area contributed by atoms with Crippen molar-refractivity contribution in [1.82, 2.24) is 10.2 Å². The van der Waals surface area contributed by atoms with Gasteiger partial charge in [-0.25, -0.2) is 0 Å². The number of hydrogen-bond acceptors (Lipinski definition) is 6. The van der Waals surface area contributed by atoms with Crippen LogP contribution >= 0.6 is 0 Å². The van der Waals surface area contributed by atoms with Gasteiger partial charge >= 0.3 is 0 Å². The summed E-state index contributed by atoms with van der Waals surface area (Å²) in [7, 11) is 3.34. The van der Waals surface area contributed by atoms with Crippen LogP contribution in [0, 0.1) is 5.92 Å². The summed E-state index contributed by atoms with van der Waals surface area (Å²) in [6.07, 6.45) is 6.24. The van der Waals surface area contributed by atoms with Crippen molar-refractivity contribution < 1.29 is 19.3 Å². The largest absolute Gasteiger partial charge is 0.493 e. The molecule has 0 amide bonds. The Morgan fingerprint density at radius 3 is 2.76 bits per heavy atom. The third-order valence-electron chi connectivity index (χ3n) is 7.88. The van der Waals surface area contributed by atoms with Crippen LogP contribution in [0.1, 0.15) is 43.2 Å². The average molecular weight is 403 g/mol. The minimum Gasteiger partial charge on any atom is -0.493 e. The maximum Gasteiger partial charge on any atom is 0.188 e. The van der Waals surface area contributed by atoms with E-state index < -0.39 is 5.60 Å². The highest BCUT2D eigenvalue weighted by Crippen LogP contribution is 2.59. The monoisotopic (exact) mass is 402 g/mol. The predicted octanol–water partition coefficient (Wildman–Crippen LogP) is 2.07. The Balaban J connectivity index is 1.64. The molecule has 6 nitrogen and oxygen atoms in total. The number of nitrogens with one attached hydrogen (secondary N) is 1. The Bertz CT molecular complexity index is 767. The zero-order valence-electron chi connectivity index (χ0n) is 17.7. The first kappa shape index (κ1) is 19.6. The molecule has 2 aliphatic carbocycles. The second-order valence-corrected chi connectivity index (χ2v) is 9.35. The molecule has 2 saturated heterocycles. The van der Waals surface area contributed by atoms with Gasteiger partial charge in [0.15, 0.2) is 18.3 Å². The van der Waals surface area contributed by atoms with Gasteiger partial charge in [0.2, 0.25) is 0 Å². The molecule has 2 N–H and O–H groups in total. The van der Waals surface area contributed by atoms with Crippen molar-refractivity contribution >= 4 is 0 Å². The minimum absolute atomic E-state index is 0.180. The van der Waals surface area contributed by atoms with E-state index in [0.717, 1.165) is 63.5 Å². The zero-order chi connectivity index (χ0) is 20.1. The molecule has 5 rings (SSSR count). The van der Waals surface area contributed by atoms with Crippen LogP contribution in [0.4, 0.5) is 0 Å². The van der Waals surface area contributed by atoms with Gasteiger partial charge in [-0.05, 0) is 75.7 Å². The number of likely N-dealkylation sites (tertiary alicyclic amines) is 1. The van der Waals surface area contributed by atoms with Crippen molar-refractivity contribution in [2.45, 2.75) is 55.6 Å². The van der Waals surface area contributed by atoms with Crippen LogP contribution in [-0.4, -0.2) is 68.8 Å². The lowest BCUT2D eigenvalue weighted by Gasteiger charge is -2.61. The molecular formula is C23H34N2O4. The number of hydrogen-bond donors (Lipinski definition) is 2. The molecule has 2 heterocycles. The van der Waals surface area contributed by atoms with Gasteiger partial charge in [0.05, 0.1) is 12.7 Å². The van der Waals surface area contributed by atoms with E-state index in [-0.39, 0.29) is 18.2 Å². The standard InChI is InChI=1S/C23H34N2O4/c1-27-15-29-18-6-5-17-13-19-23(26)8-11-24-10-7-22(23,20(17)21(18)28-2)9-12-25(19)14-16-3-4-16/h5-6,16,19,24,26H,3-4,7-15H2,1-2H3/t19-,22+,23-/m1/s1. The number of fused-ring (bicyclic) bond motifs is 1. The number of rotatable bonds is 6. The Kier molecular flexibility index (Phi) is 5.01. The fraction of sp³-hybridized carbons (Fsp3) is 0.739. The molecule has 6 heteroatoms. The Labute approximate surface area is 173 Å². The maximum atomic E-state index is 12.4. The molecule has 0 radical (unpaired) electrons. The third kappa shape index (κ3) is 2.99. The molecule has 2 bridgehead atoms. The summed E-state index contributed by atoms with van der Waals surface area (Å²) < 4.78 is 16.9. The van der Waals surface area contributed by atoms with Gasteiger partial charge < -0.3 is 24.6 Å². The molecule has 1 aromatic rings. The third-order valence-corrected chi connectivity index (χ3v) is 7.88. The molecule has 3 atom stereocenters. The molecular weight excluding hydrogens is 368 g/mol. The van der Waals surface area contributed by atoms with Gasteiger partial charge in [-0.3, -0.25) is 4.90 Å². The van der Waals surface area contributed by atoms with E-state index in [4.69, 9.17) is 14.2 Å². The van der Waals surface area contributed by atoms with Gasteiger partial charge in [0.25, 0.3) is 0 Å². The highest BCUT2D eigenvalue weighted by molar-refractivity contribution is 5.58. The molecule has 160 valence electrons. The molecule has 1 saturated carbocycles. The van der Waals surface area contributed by atoms with Gasteiger partial charge in [-0.1, -0.05) is 6.07 Å². The number of piperidine rings is 1. The van der Waals surface area contributed by atoms with E-state index >= 15 is 0 Å². The van der Waals surface area contributed by atoms with E-state index in [2.05, 4.69) is 16.3 Å². The summed E-state index contributed by atoms with van der Waals surface area (Å²) >= 11 is 0. The maximum absolute atomic E-state index is 12.4. The first-order valence-corrected chi connectivity index (χ1v) is 11.1. The summed E-state index contributed by atoms with van der Waals surface area (Å²) in [5.74, 6) is 2.32. The molecule has 1 aromatic carbocycles. The SMILES string of the molecule is COCOc1ccc2c(c1OC)[C@@]13CCNCC[C@@]1(O)[C@@H](C2)N(CC1CC1)CC3. The summed E-state index contributed by atoms with van der Waals surface area (Å²) in [5, 5.41) is 15.9. The number of benzene rings is 1. The Hall–Kier alpha value is -1.34. The lowest BCUT2D eigenvalue weighted by Crippen LogP contribution is -2.71. The summed E-state index contributed by atoms with van der Waals surface area (Å²) in [4.78, 5) is 2.60. The van der Waals surface area contributed by atoms with E-state index in [1.165, 1.54) is 24.0 Å². The van der Waals surface area contributed by atoms with Crippen molar-refractivity contribution in [1.29, 1.82) is 0 Å². The minimum atomic E-state index is -0.746. The Morgan fingerprint density at radius 1 is 1.17 bits per heavy atom. The number of ether oxygens (including phenoxy) is 3. The average Bonchev–Trinajstić information content (AvgIpc) is 3.55. The van der Waals surface area contributed by atoms with Crippen LogP contribution in [0.15, 0.2) is 12.1 Å². The van der Waals surface area contributed by atoms with Crippen LogP contribution in [-0.2, 0) is 16.6 Å². The number of methoxy groups -OCH3 is 2. The van der Waals surface area contributed by atoms with Crippen molar-refractivity contribution in [3.05, 3.63) is 23.3 Å². The molecule has 4 aliphatic rings. The van der Waals surface area contributed by atoms with Gasteiger partial charge in [0.1, 0.15) is 0 Å². The van der Waals surface area contributed by atoms with Crippen molar-refractivity contribution in [3.8, 4) is 11.5 Å². The van der Waals surface area contributed by atoms with Crippen LogP contribution in [0.3, 0.4) is 0 Å². The first-order chi connectivity index (χ1) is 14.1. The van der Waals surface area contributed by atoms with E-state index in [0.29, 0.717) is 5.75 Å². The van der Waals surface area contributed by atoms with Crippen molar-refractivity contribution in [2.75, 3.05) is 47.2 Å². The van der Waals surface area contributed by atoms with Crippen molar-refractivity contribution in [3.63, 3.8) is 0 Å². The number of nitrogens with zero attached hydrogens (tertiary/aromatic N) is 1.